The fraction of sp³-hybridized carbons (Fsp3) is 0.0417. The molecule has 5 rings (SSSR count). The first-order valence-electron chi connectivity index (χ1n) is 9.67. The minimum absolute atomic E-state index is 0.212. The number of halogens is 2. The Labute approximate surface area is 192 Å². The molecule has 6 nitrogen and oxygen atoms in total. The van der Waals surface area contributed by atoms with Gasteiger partial charge in [-0.05, 0) is 35.9 Å². The number of nitrogens with one attached hydrogen (secondary N) is 1. The van der Waals surface area contributed by atoms with Crippen molar-refractivity contribution < 1.29 is 4.74 Å². The Balaban J connectivity index is 1.70. The highest BCUT2D eigenvalue weighted by molar-refractivity contribution is 6.36. The van der Waals surface area contributed by atoms with Crippen LogP contribution in [0, 0.1) is 11.3 Å². The third-order valence-corrected chi connectivity index (χ3v) is 5.65. The Hall–Kier alpha value is -3.79. The van der Waals surface area contributed by atoms with E-state index in [9.17, 15) is 10.1 Å². The molecule has 0 saturated heterocycles. The highest BCUT2D eigenvalue weighted by atomic mass is 35.5. The van der Waals surface area contributed by atoms with Crippen molar-refractivity contribution >= 4 is 39.8 Å². The maximum absolute atomic E-state index is 13.4. The van der Waals surface area contributed by atoms with E-state index in [4.69, 9.17) is 27.9 Å². The molecule has 0 aliphatic heterocycles. The van der Waals surface area contributed by atoms with Gasteiger partial charge in [-0.2, -0.15) is 14.9 Å². The molecule has 5 aromatic rings. The fourth-order valence-corrected chi connectivity index (χ4v) is 4.10. The van der Waals surface area contributed by atoms with Crippen molar-refractivity contribution in [2.45, 2.75) is 6.61 Å². The lowest BCUT2D eigenvalue weighted by Crippen LogP contribution is -2.16. The molecule has 156 valence electrons. The lowest BCUT2D eigenvalue weighted by atomic mass is 10.1. The van der Waals surface area contributed by atoms with Crippen LogP contribution in [-0.2, 0) is 6.61 Å². The number of benzene rings is 3. The van der Waals surface area contributed by atoms with E-state index < -0.39 is 5.56 Å². The Bertz CT molecular complexity index is 1580. The summed E-state index contributed by atoms with van der Waals surface area (Å²) < 4.78 is 7.13. The molecule has 0 spiro atoms. The van der Waals surface area contributed by atoms with Crippen LogP contribution in [0.15, 0.2) is 71.5 Å². The number of hydrogen-bond donors (Lipinski definition) is 1. The molecule has 0 atom stereocenters. The van der Waals surface area contributed by atoms with Crippen molar-refractivity contribution in [2.24, 2.45) is 0 Å². The quantitative estimate of drug-likeness (QED) is 0.378. The number of ether oxygens (including phenoxy) is 1. The molecule has 0 amide bonds. The number of fused-ring (bicyclic) bond motifs is 2. The summed E-state index contributed by atoms with van der Waals surface area (Å²) in [6, 6.07) is 22.0. The molecular formula is C24H14Cl2N4O2. The minimum atomic E-state index is -0.398. The smallest absolute Gasteiger partial charge is 0.286 e. The van der Waals surface area contributed by atoms with Gasteiger partial charge in [-0.1, -0.05) is 59.6 Å². The number of aromatic amines is 1. The first kappa shape index (κ1) is 20.1. The monoisotopic (exact) mass is 460 g/mol. The Kier molecular flexibility index (Phi) is 5.06. The topological polar surface area (TPSA) is 83.2 Å². The van der Waals surface area contributed by atoms with Gasteiger partial charge in [0.1, 0.15) is 35.1 Å². The normalized spacial score (nSPS) is 11.0. The molecule has 8 heteroatoms. The number of rotatable bonds is 4. The Morgan fingerprint density at radius 2 is 1.88 bits per heavy atom. The summed E-state index contributed by atoms with van der Waals surface area (Å²) in [6.07, 6.45) is 0. The van der Waals surface area contributed by atoms with Gasteiger partial charge in [0.2, 0.25) is 0 Å². The zero-order valence-electron chi connectivity index (χ0n) is 16.5. The van der Waals surface area contributed by atoms with Gasteiger partial charge >= 0.3 is 0 Å². The van der Waals surface area contributed by atoms with Gasteiger partial charge in [0.15, 0.2) is 5.65 Å². The molecule has 3 aromatic carbocycles. The summed E-state index contributed by atoms with van der Waals surface area (Å²) in [5, 5.41) is 15.4. The zero-order chi connectivity index (χ0) is 22.2. The lowest BCUT2D eigenvalue weighted by Gasteiger charge is -2.09. The zero-order valence-corrected chi connectivity index (χ0v) is 18.0. The van der Waals surface area contributed by atoms with Gasteiger partial charge in [-0.3, -0.25) is 4.79 Å². The third kappa shape index (κ3) is 3.38. The van der Waals surface area contributed by atoms with E-state index in [1.165, 1.54) is 4.52 Å². The minimum Gasteiger partial charge on any atom is -0.488 e. The summed E-state index contributed by atoms with van der Waals surface area (Å²) in [5.74, 6) is 0.426. The molecule has 2 aromatic heterocycles. The van der Waals surface area contributed by atoms with Crippen LogP contribution in [0.3, 0.4) is 0 Å². The molecule has 0 fully saturated rings. The van der Waals surface area contributed by atoms with Crippen LogP contribution in [0.5, 0.6) is 5.75 Å². The number of hydrogen-bond acceptors (Lipinski definition) is 4. The van der Waals surface area contributed by atoms with Crippen molar-refractivity contribution in [1.82, 2.24) is 14.6 Å². The van der Waals surface area contributed by atoms with Crippen LogP contribution in [0.4, 0.5) is 0 Å². The first-order valence-corrected chi connectivity index (χ1v) is 10.4. The van der Waals surface area contributed by atoms with Crippen LogP contribution in [0.1, 0.15) is 11.1 Å². The molecule has 1 N–H and O–H groups in total. The van der Waals surface area contributed by atoms with Crippen molar-refractivity contribution in [1.29, 1.82) is 5.26 Å². The molecule has 0 unspecified atom stereocenters. The summed E-state index contributed by atoms with van der Waals surface area (Å²) >= 11 is 12.3. The van der Waals surface area contributed by atoms with Gasteiger partial charge in [0.05, 0.1) is 10.5 Å². The highest BCUT2D eigenvalue weighted by Crippen LogP contribution is 2.33. The summed E-state index contributed by atoms with van der Waals surface area (Å²) in [7, 11) is 0. The van der Waals surface area contributed by atoms with Crippen molar-refractivity contribution in [3.8, 4) is 23.1 Å². The maximum atomic E-state index is 13.4. The van der Waals surface area contributed by atoms with E-state index in [2.05, 4.69) is 16.2 Å². The second kappa shape index (κ2) is 8.04. The van der Waals surface area contributed by atoms with Crippen LogP contribution < -0.4 is 10.3 Å². The number of aromatic nitrogens is 3. The van der Waals surface area contributed by atoms with Gasteiger partial charge in [-0.15, -0.1) is 0 Å². The predicted octanol–water partition coefficient (Wildman–Crippen LogP) is 5.60. The number of H-pyrrole nitrogens is 1. The standard InChI is InChI=1S/C24H14Cl2N4O2/c25-15-9-10-16(18(26)11-15)22-17(12-27)23-28-19-7-4-8-20(21(19)24(31)30(23)29-22)32-13-14-5-2-1-3-6-14/h1-11,28H,13H2. The van der Waals surface area contributed by atoms with Crippen LogP contribution >= 0.6 is 23.2 Å². The lowest BCUT2D eigenvalue weighted by molar-refractivity contribution is 0.309. The van der Waals surface area contributed by atoms with E-state index in [-0.39, 0.29) is 11.2 Å². The fourth-order valence-electron chi connectivity index (χ4n) is 3.60. The molecule has 0 aliphatic rings. The third-order valence-electron chi connectivity index (χ3n) is 5.11. The molecule has 0 saturated carbocycles. The van der Waals surface area contributed by atoms with Gasteiger partial charge in [0, 0.05) is 10.6 Å². The van der Waals surface area contributed by atoms with E-state index in [1.807, 2.05) is 30.3 Å². The molecule has 0 radical (unpaired) electrons. The van der Waals surface area contributed by atoms with Crippen LogP contribution in [-0.4, -0.2) is 14.6 Å². The van der Waals surface area contributed by atoms with E-state index in [0.29, 0.717) is 44.6 Å². The Morgan fingerprint density at radius 1 is 1.06 bits per heavy atom. The SMILES string of the molecule is N#Cc1c(-c2ccc(Cl)cc2Cl)nn2c(=O)c3c(OCc4ccccc4)cccc3[nH]c12. The molecule has 0 aliphatic carbocycles. The summed E-state index contributed by atoms with van der Waals surface area (Å²) in [5.41, 5.74) is 2.42. The number of nitriles is 1. The van der Waals surface area contributed by atoms with Gasteiger partial charge in [0.25, 0.3) is 5.56 Å². The first-order chi connectivity index (χ1) is 15.6. The van der Waals surface area contributed by atoms with E-state index in [1.54, 1.807) is 36.4 Å². The van der Waals surface area contributed by atoms with Crippen LogP contribution in [0.2, 0.25) is 10.0 Å². The molecule has 0 bridgehead atoms. The van der Waals surface area contributed by atoms with E-state index in [0.717, 1.165) is 5.56 Å². The van der Waals surface area contributed by atoms with Gasteiger partial charge in [-0.25, -0.2) is 0 Å². The molecule has 32 heavy (non-hydrogen) atoms. The summed E-state index contributed by atoms with van der Waals surface area (Å²) in [6.45, 7) is 0.311. The van der Waals surface area contributed by atoms with Crippen molar-refractivity contribution in [3.05, 3.63) is 98.3 Å². The summed E-state index contributed by atoms with van der Waals surface area (Å²) in [4.78, 5) is 16.6. The predicted molar refractivity (Wildman–Crippen MR) is 124 cm³/mol. The second-order valence-corrected chi connectivity index (χ2v) is 7.95. The Morgan fingerprint density at radius 3 is 2.62 bits per heavy atom. The van der Waals surface area contributed by atoms with Crippen LogP contribution in [0.25, 0.3) is 27.8 Å². The largest absolute Gasteiger partial charge is 0.488 e. The van der Waals surface area contributed by atoms with E-state index >= 15 is 0 Å². The average molecular weight is 461 g/mol. The van der Waals surface area contributed by atoms with Crippen molar-refractivity contribution in [3.63, 3.8) is 0 Å². The number of nitrogens with zero attached hydrogens (tertiary/aromatic N) is 3. The maximum Gasteiger partial charge on any atom is 0.286 e. The molecule has 2 heterocycles. The van der Waals surface area contributed by atoms with Gasteiger partial charge < -0.3 is 9.72 Å². The van der Waals surface area contributed by atoms with Crippen molar-refractivity contribution in [2.75, 3.05) is 0 Å². The average Bonchev–Trinajstić information content (AvgIpc) is 3.16. The second-order valence-electron chi connectivity index (χ2n) is 7.10. The highest BCUT2D eigenvalue weighted by Gasteiger charge is 2.21. The molecular weight excluding hydrogens is 447 g/mol.